The number of thiazole rings is 1. The van der Waals surface area contributed by atoms with Gasteiger partial charge in [0.05, 0.1) is 12.1 Å². The molecule has 6 nitrogen and oxygen atoms in total. The molecule has 0 aliphatic carbocycles. The van der Waals surface area contributed by atoms with Gasteiger partial charge in [-0.2, -0.15) is 0 Å². The summed E-state index contributed by atoms with van der Waals surface area (Å²) in [5, 5.41) is 16.1. The number of hydrogen-bond donors (Lipinski definition) is 2. The molecule has 0 saturated carbocycles. The molecule has 0 fully saturated rings. The van der Waals surface area contributed by atoms with Gasteiger partial charge in [0.25, 0.3) is 0 Å². The molecule has 2 N–H and O–H groups in total. The minimum absolute atomic E-state index is 0.0109. The Morgan fingerprint density at radius 1 is 1.59 bits per heavy atom. The summed E-state index contributed by atoms with van der Waals surface area (Å²) in [7, 11) is 0. The Morgan fingerprint density at radius 2 is 2.35 bits per heavy atom. The molecule has 17 heavy (non-hydrogen) atoms. The SMILES string of the molecule is Cc1cc(Nc2nc(C)c(CC(=O)O)s2)no1. The van der Waals surface area contributed by atoms with Gasteiger partial charge in [0.2, 0.25) is 0 Å². The third kappa shape index (κ3) is 2.82. The number of nitrogens with zero attached hydrogens (tertiary/aromatic N) is 2. The molecule has 0 saturated heterocycles. The summed E-state index contributed by atoms with van der Waals surface area (Å²) in [4.78, 5) is 15.6. The van der Waals surface area contributed by atoms with Crippen molar-refractivity contribution in [3.05, 3.63) is 22.4 Å². The number of anilines is 2. The van der Waals surface area contributed by atoms with Crippen LogP contribution in [-0.4, -0.2) is 21.2 Å². The van der Waals surface area contributed by atoms with Crippen molar-refractivity contribution in [2.24, 2.45) is 0 Å². The van der Waals surface area contributed by atoms with Gasteiger partial charge < -0.3 is 14.9 Å². The van der Waals surface area contributed by atoms with Gasteiger partial charge in [-0.25, -0.2) is 4.98 Å². The maximum Gasteiger partial charge on any atom is 0.308 e. The Balaban J connectivity index is 2.14. The Kier molecular flexibility index (Phi) is 3.10. The monoisotopic (exact) mass is 253 g/mol. The summed E-state index contributed by atoms with van der Waals surface area (Å²) in [5.74, 6) is 0.408. The fourth-order valence-corrected chi connectivity index (χ4v) is 2.28. The highest BCUT2D eigenvalue weighted by Crippen LogP contribution is 2.25. The van der Waals surface area contributed by atoms with Gasteiger partial charge in [0, 0.05) is 10.9 Å². The summed E-state index contributed by atoms with van der Waals surface area (Å²) in [6.45, 7) is 3.58. The predicted molar refractivity (Wildman–Crippen MR) is 62.7 cm³/mol. The maximum absolute atomic E-state index is 10.6. The summed E-state index contributed by atoms with van der Waals surface area (Å²) >= 11 is 1.31. The second-order valence-electron chi connectivity index (χ2n) is 3.55. The van der Waals surface area contributed by atoms with Crippen molar-refractivity contribution in [2.45, 2.75) is 20.3 Å². The lowest BCUT2D eigenvalue weighted by Gasteiger charge is -1.93. The summed E-state index contributed by atoms with van der Waals surface area (Å²) in [5.41, 5.74) is 0.722. The van der Waals surface area contributed by atoms with E-state index in [4.69, 9.17) is 9.63 Å². The van der Waals surface area contributed by atoms with E-state index < -0.39 is 5.97 Å². The van der Waals surface area contributed by atoms with Gasteiger partial charge >= 0.3 is 5.97 Å². The Labute approximate surface area is 101 Å². The van der Waals surface area contributed by atoms with E-state index >= 15 is 0 Å². The van der Waals surface area contributed by atoms with E-state index in [1.54, 1.807) is 19.9 Å². The number of aromatic nitrogens is 2. The van der Waals surface area contributed by atoms with E-state index in [-0.39, 0.29) is 6.42 Å². The van der Waals surface area contributed by atoms with E-state index in [1.807, 2.05) is 0 Å². The van der Waals surface area contributed by atoms with Crippen molar-refractivity contribution in [1.82, 2.24) is 10.1 Å². The molecule has 0 spiro atoms. The number of carboxylic acid groups (broad SMARTS) is 1. The van der Waals surface area contributed by atoms with E-state index in [0.29, 0.717) is 16.7 Å². The van der Waals surface area contributed by atoms with E-state index in [1.165, 1.54) is 11.3 Å². The van der Waals surface area contributed by atoms with Crippen LogP contribution in [0.5, 0.6) is 0 Å². The molecule has 2 rings (SSSR count). The van der Waals surface area contributed by atoms with Crippen molar-refractivity contribution in [3.63, 3.8) is 0 Å². The Morgan fingerprint density at radius 3 is 2.94 bits per heavy atom. The minimum Gasteiger partial charge on any atom is -0.481 e. The fourth-order valence-electron chi connectivity index (χ4n) is 1.32. The second-order valence-corrected chi connectivity index (χ2v) is 4.63. The highest BCUT2D eigenvalue weighted by molar-refractivity contribution is 7.15. The van der Waals surface area contributed by atoms with Crippen LogP contribution in [0.1, 0.15) is 16.3 Å². The second kappa shape index (κ2) is 4.54. The van der Waals surface area contributed by atoms with Gasteiger partial charge in [-0.05, 0) is 13.8 Å². The van der Waals surface area contributed by atoms with Gasteiger partial charge in [-0.3, -0.25) is 4.79 Å². The van der Waals surface area contributed by atoms with Gasteiger partial charge in [0.1, 0.15) is 5.76 Å². The molecular weight excluding hydrogens is 242 g/mol. The standard InChI is InChI=1S/C10H11N3O3S/c1-5-3-8(13-16-5)12-10-11-6(2)7(17-10)4-9(14)15/h3H,4H2,1-2H3,(H,14,15)(H,11,12,13). The van der Waals surface area contributed by atoms with Crippen LogP contribution in [0.4, 0.5) is 10.9 Å². The normalized spacial score (nSPS) is 10.5. The average molecular weight is 253 g/mol. The van der Waals surface area contributed by atoms with Crippen LogP contribution in [0, 0.1) is 13.8 Å². The van der Waals surface area contributed by atoms with Crippen LogP contribution in [0.3, 0.4) is 0 Å². The molecule has 0 unspecified atom stereocenters. The van der Waals surface area contributed by atoms with E-state index in [2.05, 4.69) is 15.5 Å². The highest BCUT2D eigenvalue weighted by atomic mass is 32.1. The molecular formula is C10H11N3O3S. The lowest BCUT2D eigenvalue weighted by Crippen LogP contribution is -1.99. The first-order valence-corrected chi connectivity index (χ1v) is 5.74. The summed E-state index contributed by atoms with van der Waals surface area (Å²) in [6.07, 6.45) is -0.0109. The molecule has 0 atom stereocenters. The third-order valence-corrected chi connectivity index (χ3v) is 3.14. The smallest absolute Gasteiger partial charge is 0.308 e. The van der Waals surface area contributed by atoms with E-state index in [0.717, 1.165) is 10.6 Å². The van der Waals surface area contributed by atoms with Crippen molar-refractivity contribution in [3.8, 4) is 0 Å². The first-order valence-electron chi connectivity index (χ1n) is 4.93. The zero-order chi connectivity index (χ0) is 12.4. The topological polar surface area (TPSA) is 88.2 Å². The van der Waals surface area contributed by atoms with Crippen LogP contribution in [0.15, 0.2) is 10.6 Å². The largest absolute Gasteiger partial charge is 0.481 e. The summed E-state index contributed by atoms with van der Waals surface area (Å²) in [6, 6.07) is 1.74. The lowest BCUT2D eigenvalue weighted by atomic mass is 10.3. The third-order valence-electron chi connectivity index (χ3n) is 2.07. The molecule has 90 valence electrons. The first-order chi connectivity index (χ1) is 8.04. The lowest BCUT2D eigenvalue weighted by molar-refractivity contribution is -0.136. The van der Waals surface area contributed by atoms with Crippen LogP contribution in [0.2, 0.25) is 0 Å². The van der Waals surface area contributed by atoms with Gasteiger partial charge in [-0.1, -0.05) is 5.16 Å². The van der Waals surface area contributed by atoms with Crippen molar-refractivity contribution >= 4 is 28.3 Å². The quantitative estimate of drug-likeness (QED) is 0.867. The van der Waals surface area contributed by atoms with Crippen molar-refractivity contribution in [2.75, 3.05) is 5.32 Å². The number of hydrogen-bond acceptors (Lipinski definition) is 6. The first kappa shape index (κ1) is 11.6. The highest BCUT2D eigenvalue weighted by Gasteiger charge is 2.11. The molecule has 0 aliphatic rings. The van der Waals surface area contributed by atoms with Gasteiger partial charge in [-0.15, -0.1) is 11.3 Å². The molecule has 0 amide bonds. The van der Waals surface area contributed by atoms with Crippen LogP contribution in [0.25, 0.3) is 0 Å². The molecule has 0 radical (unpaired) electrons. The summed E-state index contributed by atoms with van der Waals surface area (Å²) < 4.78 is 4.91. The zero-order valence-electron chi connectivity index (χ0n) is 9.35. The van der Waals surface area contributed by atoms with Crippen molar-refractivity contribution in [1.29, 1.82) is 0 Å². The van der Waals surface area contributed by atoms with Crippen LogP contribution < -0.4 is 5.32 Å². The number of nitrogens with one attached hydrogen (secondary N) is 1. The van der Waals surface area contributed by atoms with Gasteiger partial charge in [0.15, 0.2) is 10.9 Å². The van der Waals surface area contributed by atoms with Crippen LogP contribution >= 0.6 is 11.3 Å². The number of aryl methyl sites for hydroxylation is 2. The van der Waals surface area contributed by atoms with Crippen LogP contribution in [-0.2, 0) is 11.2 Å². The predicted octanol–water partition coefficient (Wildman–Crippen LogP) is 2.12. The Hall–Kier alpha value is -1.89. The average Bonchev–Trinajstić information content (AvgIpc) is 2.74. The number of carboxylic acids is 1. The zero-order valence-corrected chi connectivity index (χ0v) is 10.2. The Bertz CT molecular complexity index is 547. The number of aliphatic carboxylic acids is 1. The number of carbonyl (C=O) groups is 1. The fraction of sp³-hybridized carbons (Fsp3) is 0.300. The molecule has 2 aromatic rings. The minimum atomic E-state index is -0.861. The molecule has 0 aromatic carbocycles. The molecule has 0 bridgehead atoms. The maximum atomic E-state index is 10.6. The molecule has 2 heterocycles. The molecule has 7 heteroatoms. The van der Waals surface area contributed by atoms with Crippen molar-refractivity contribution < 1.29 is 14.4 Å². The number of rotatable bonds is 4. The van der Waals surface area contributed by atoms with E-state index in [9.17, 15) is 4.79 Å². The molecule has 2 aromatic heterocycles. The molecule has 0 aliphatic heterocycles.